The van der Waals surface area contributed by atoms with Crippen molar-refractivity contribution >= 4 is 17.6 Å². The van der Waals surface area contributed by atoms with Gasteiger partial charge in [-0.1, -0.05) is 30.3 Å². The van der Waals surface area contributed by atoms with E-state index in [2.05, 4.69) is 26.7 Å². The van der Waals surface area contributed by atoms with Gasteiger partial charge in [0, 0.05) is 23.6 Å². The van der Waals surface area contributed by atoms with E-state index in [4.69, 9.17) is 0 Å². The standard InChI is InChI=1S/C22H22N4O/c1-16-8-9-17(2)20(14-16)25-22(24-15-18-10-12-23-13-11-18)26-21(27)19-6-4-3-5-7-19/h3-14H,15H2,1-2H3,(H2,24,25,26,27). The molecule has 2 N–H and O–H groups in total. The van der Waals surface area contributed by atoms with Crippen LogP contribution in [-0.2, 0) is 6.54 Å². The average molecular weight is 358 g/mol. The number of aromatic nitrogens is 1. The van der Waals surface area contributed by atoms with Gasteiger partial charge < -0.3 is 5.32 Å². The molecule has 3 aromatic rings. The molecule has 0 bridgehead atoms. The number of anilines is 1. The van der Waals surface area contributed by atoms with Gasteiger partial charge in [-0.3, -0.25) is 15.1 Å². The molecule has 0 atom stereocenters. The number of carbonyl (C=O) groups is 1. The molecule has 2 aromatic carbocycles. The molecule has 0 aliphatic rings. The van der Waals surface area contributed by atoms with Gasteiger partial charge in [0.05, 0.1) is 6.54 Å². The van der Waals surface area contributed by atoms with Crippen LogP contribution >= 0.6 is 0 Å². The highest BCUT2D eigenvalue weighted by atomic mass is 16.1. The van der Waals surface area contributed by atoms with Crippen molar-refractivity contribution in [1.82, 2.24) is 10.3 Å². The maximum atomic E-state index is 12.6. The molecule has 1 amide bonds. The number of aliphatic imine (C=N–C) groups is 1. The molecule has 0 spiro atoms. The summed E-state index contributed by atoms with van der Waals surface area (Å²) >= 11 is 0. The zero-order valence-corrected chi connectivity index (χ0v) is 15.4. The number of hydrogen-bond acceptors (Lipinski definition) is 3. The molecule has 0 unspecified atom stereocenters. The maximum absolute atomic E-state index is 12.6. The summed E-state index contributed by atoms with van der Waals surface area (Å²) in [7, 11) is 0. The van der Waals surface area contributed by atoms with Crippen molar-refractivity contribution in [1.29, 1.82) is 0 Å². The second-order valence-corrected chi connectivity index (χ2v) is 6.28. The predicted octanol–water partition coefficient (Wildman–Crippen LogP) is 4.10. The molecule has 136 valence electrons. The van der Waals surface area contributed by atoms with Crippen molar-refractivity contribution in [3.05, 3.63) is 95.3 Å². The molecule has 5 nitrogen and oxygen atoms in total. The van der Waals surface area contributed by atoms with E-state index in [1.807, 2.05) is 56.3 Å². The van der Waals surface area contributed by atoms with Crippen LogP contribution in [0.5, 0.6) is 0 Å². The van der Waals surface area contributed by atoms with E-state index < -0.39 is 0 Å². The summed E-state index contributed by atoms with van der Waals surface area (Å²) in [6.45, 7) is 4.48. The lowest BCUT2D eigenvalue weighted by Gasteiger charge is -2.14. The molecular formula is C22H22N4O. The minimum Gasteiger partial charge on any atom is -0.326 e. The van der Waals surface area contributed by atoms with Crippen molar-refractivity contribution < 1.29 is 4.79 Å². The van der Waals surface area contributed by atoms with Crippen LogP contribution in [-0.4, -0.2) is 16.9 Å². The second kappa shape index (κ2) is 8.76. The number of rotatable bonds is 4. The molecule has 0 radical (unpaired) electrons. The largest absolute Gasteiger partial charge is 0.326 e. The van der Waals surface area contributed by atoms with E-state index in [-0.39, 0.29) is 5.91 Å². The summed E-state index contributed by atoms with van der Waals surface area (Å²) in [5.41, 5.74) is 4.71. The van der Waals surface area contributed by atoms with E-state index in [0.29, 0.717) is 18.1 Å². The van der Waals surface area contributed by atoms with Gasteiger partial charge >= 0.3 is 0 Å². The van der Waals surface area contributed by atoms with Gasteiger partial charge in [0.15, 0.2) is 0 Å². The molecule has 0 fully saturated rings. The Labute approximate surface area is 159 Å². The highest BCUT2D eigenvalue weighted by Crippen LogP contribution is 2.16. The summed E-state index contributed by atoms with van der Waals surface area (Å²) in [6, 6.07) is 19.0. The number of hydrogen-bond donors (Lipinski definition) is 2. The number of pyridine rings is 1. The van der Waals surface area contributed by atoms with Crippen molar-refractivity contribution in [2.24, 2.45) is 4.99 Å². The van der Waals surface area contributed by atoms with Crippen LogP contribution in [0.3, 0.4) is 0 Å². The van der Waals surface area contributed by atoms with Crippen molar-refractivity contribution in [2.45, 2.75) is 20.4 Å². The lowest BCUT2D eigenvalue weighted by Crippen LogP contribution is -2.36. The van der Waals surface area contributed by atoms with E-state index in [0.717, 1.165) is 22.4 Å². The average Bonchev–Trinajstić information content (AvgIpc) is 2.70. The van der Waals surface area contributed by atoms with Gasteiger partial charge in [0.2, 0.25) is 5.96 Å². The zero-order valence-electron chi connectivity index (χ0n) is 15.4. The molecule has 3 rings (SSSR count). The SMILES string of the molecule is Cc1ccc(C)c(NC(=NCc2ccncc2)NC(=O)c2ccccc2)c1. The molecule has 1 aromatic heterocycles. The second-order valence-electron chi connectivity index (χ2n) is 6.28. The van der Waals surface area contributed by atoms with Crippen LogP contribution in [0.15, 0.2) is 78.0 Å². The number of guanidine groups is 1. The van der Waals surface area contributed by atoms with Crippen LogP contribution in [0, 0.1) is 13.8 Å². The Hall–Kier alpha value is -3.47. The highest BCUT2D eigenvalue weighted by Gasteiger charge is 2.10. The van der Waals surface area contributed by atoms with Crippen LogP contribution in [0.25, 0.3) is 0 Å². The van der Waals surface area contributed by atoms with Gasteiger partial charge in [-0.25, -0.2) is 4.99 Å². The van der Waals surface area contributed by atoms with Gasteiger partial charge in [-0.2, -0.15) is 0 Å². The number of nitrogens with zero attached hydrogens (tertiary/aromatic N) is 2. The first-order valence-corrected chi connectivity index (χ1v) is 8.76. The molecular weight excluding hydrogens is 336 g/mol. The zero-order chi connectivity index (χ0) is 19.1. The molecule has 0 aliphatic heterocycles. The monoisotopic (exact) mass is 358 g/mol. The fourth-order valence-electron chi connectivity index (χ4n) is 2.54. The molecule has 0 saturated carbocycles. The molecule has 27 heavy (non-hydrogen) atoms. The third-order valence-corrected chi connectivity index (χ3v) is 4.08. The Morgan fingerprint density at radius 1 is 1.00 bits per heavy atom. The highest BCUT2D eigenvalue weighted by molar-refractivity contribution is 6.10. The topological polar surface area (TPSA) is 66.4 Å². The first-order valence-electron chi connectivity index (χ1n) is 8.76. The fourth-order valence-corrected chi connectivity index (χ4v) is 2.54. The Morgan fingerprint density at radius 3 is 2.48 bits per heavy atom. The maximum Gasteiger partial charge on any atom is 0.257 e. The normalized spacial score (nSPS) is 11.1. The number of carbonyl (C=O) groups excluding carboxylic acids is 1. The summed E-state index contributed by atoms with van der Waals surface area (Å²) < 4.78 is 0. The van der Waals surface area contributed by atoms with Crippen LogP contribution < -0.4 is 10.6 Å². The molecule has 0 saturated heterocycles. The van der Waals surface area contributed by atoms with Crippen LogP contribution in [0.4, 0.5) is 5.69 Å². The molecule has 0 aliphatic carbocycles. The Morgan fingerprint density at radius 2 is 1.74 bits per heavy atom. The number of benzene rings is 2. The van der Waals surface area contributed by atoms with E-state index >= 15 is 0 Å². The summed E-state index contributed by atoms with van der Waals surface area (Å²) in [4.78, 5) is 21.2. The Bertz CT molecular complexity index is 937. The molecule has 5 heteroatoms. The minimum atomic E-state index is -0.207. The lowest BCUT2D eigenvalue weighted by atomic mass is 10.1. The number of aryl methyl sites for hydroxylation is 2. The van der Waals surface area contributed by atoms with Crippen molar-refractivity contribution in [2.75, 3.05) is 5.32 Å². The quantitative estimate of drug-likeness (QED) is 0.545. The lowest BCUT2D eigenvalue weighted by molar-refractivity contribution is 0.0977. The minimum absolute atomic E-state index is 0.207. The third-order valence-electron chi connectivity index (χ3n) is 4.08. The smallest absolute Gasteiger partial charge is 0.257 e. The fraction of sp³-hybridized carbons (Fsp3) is 0.136. The predicted molar refractivity (Wildman–Crippen MR) is 109 cm³/mol. The third kappa shape index (κ3) is 5.25. The number of nitrogens with one attached hydrogen (secondary N) is 2. The Balaban J connectivity index is 1.83. The number of amides is 1. The van der Waals surface area contributed by atoms with Gasteiger partial charge in [0.25, 0.3) is 5.91 Å². The van der Waals surface area contributed by atoms with Gasteiger partial charge in [-0.05, 0) is 60.9 Å². The summed E-state index contributed by atoms with van der Waals surface area (Å²) in [6.07, 6.45) is 3.45. The van der Waals surface area contributed by atoms with E-state index in [1.54, 1.807) is 24.5 Å². The first-order chi connectivity index (χ1) is 13.1. The van der Waals surface area contributed by atoms with Gasteiger partial charge in [0.1, 0.15) is 0 Å². The van der Waals surface area contributed by atoms with E-state index in [1.165, 1.54) is 0 Å². The van der Waals surface area contributed by atoms with Crippen molar-refractivity contribution in [3.63, 3.8) is 0 Å². The van der Waals surface area contributed by atoms with Crippen LogP contribution in [0.2, 0.25) is 0 Å². The first kappa shape index (κ1) is 18.3. The molecule has 1 heterocycles. The summed E-state index contributed by atoms with van der Waals surface area (Å²) in [5.74, 6) is 0.205. The van der Waals surface area contributed by atoms with Crippen molar-refractivity contribution in [3.8, 4) is 0 Å². The summed E-state index contributed by atoms with van der Waals surface area (Å²) in [5, 5.41) is 6.14. The van der Waals surface area contributed by atoms with E-state index in [9.17, 15) is 4.79 Å². The van der Waals surface area contributed by atoms with Crippen LogP contribution in [0.1, 0.15) is 27.0 Å². The van der Waals surface area contributed by atoms with Gasteiger partial charge in [-0.15, -0.1) is 0 Å². The Kier molecular flexibility index (Phi) is 5.94.